The molecule has 0 radical (unpaired) electrons. The van der Waals surface area contributed by atoms with Crippen LogP contribution in [0, 0.1) is 0 Å². The molecule has 1 aromatic heterocycles. The molecule has 0 bridgehead atoms. The number of pyridine rings is 1. The van der Waals surface area contributed by atoms with Crippen molar-refractivity contribution in [1.29, 1.82) is 0 Å². The van der Waals surface area contributed by atoms with Crippen LogP contribution in [0.15, 0.2) is 66.9 Å². The zero-order valence-electron chi connectivity index (χ0n) is 13.6. The number of aromatic nitrogens is 1. The van der Waals surface area contributed by atoms with Crippen molar-refractivity contribution in [2.24, 2.45) is 0 Å². The second kappa shape index (κ2) is 6.51. The van der Waals surface area contributed by atoms with E-state index in [1.54, 1.807) is 6.20 Å². The van der Waals surface area contributed by atoms with E-state index >= 15 is 0 Å². The lowest BCUT2D eigenvalue weighted by Crippen LogP contribution is -2.16. The molecule has 0 saturated heterocycles. The average molecular weight is 330 g/mol. The van der Waals surface area contributed by atoms with Gasteiger partial charge >= 0.3 is 0 Å². The number of rotatable bonds is 3. The predicted molar refractivity (Wildman–Crippen MR) is 97.4 cm³/mol. The fourth-order valence-corrected chi connectivity index (χ4v) is 3.05. The third kappa shape index (κ3) is 3.05. The van der Waals surface area contributed by atoms with Crippen LogP contribution in [0.2, 0.25) is 0 Å². The van der Waals surface area contributed by atoms with Crippen LogP contribution in [0.3, 0.4) is 0 Å². The minimum absolute atomic E-state index is 0.0263. The summed E-state index contributed by atoms with van der Waals surface area (Å²) in [5.41, 5.74) is 6.73. The summed E-state index contributed by atoms with van der Waals surface area (Å²) in [5, 5.41) is 20.2. The fraction of sp³-hybridized carbons (Fsp3) is 0.0952. The third-order valence-electron chi connectivity index (χ3n) is 4.37. The summed E-state index contributed by atoms with van der Waals surface area (Å²) >= 11 is 0. The molecule has 0 aliphatic carbocycles. The summed E-state index contributed by atoms with van der Waals surface area (Å²) in [6.07, 6.45) is 3.44. The molecule has 1 aliphatic heterocycles. The van der Waals surface area contributed by atoms with Crippen LogP contribution in [0.4, 0.5) is 0 Å². The van der Waals surface area contributed by atoms with E-state index in [0.717, 1.165) is 44.3 Å². The Morgan fingerprint density at radius 1 is 0.960 bits per heavy atom. The van der Waals surface area contributed by atoms with Crippen molar-refractivity contribution in [3.05, 3.63) is 83.7 Å². The molecule has 4 nitrogen and oxygen atoms in total. The Bertz CT molecular complexity index is 919. The first kappa shape index (κ1) is 15.6. The summed E-state index contributed by atoms with van der Waals surface area (Å²) in [4.78, 5) is 4.86. The maximum atomic E-state index is 9.76. The van der Waals surface area contributed by atoms with Crippen LogP contribution in [-0.2, 0) is 13.2 Å². The average Bonchev–Trinajstić information content (AvgIpc) is 2.68. The van der Waals surface area contributed by atoms with Gasteiger partial charge < -0.3 is 5.11 Å². The summed E-state index contributed by atoms with van der Waals surface area (Å²) < 4.78 is 0. The van der Waals surface area contributed by atoms with Gasteiger partial charge in [-0.2, -0.15) is 0 Å². The van der Waals surface area contributed by atoms with Crippen LogP contribution in [-0.4, -0.2) is 20.4 Å². The van der Waals surface area contributed by atoms with Crippen molar-refractivity contribution >= 4 is 6.08 Å². The van der Waals surface area contributed by atoms with Gasteiger partial charge in [-0.15, -0.1) is 0 Å². The van der Waals surface area contributed by atoms with Gasteiger partial charge in [-0.25, -0.2) is 4.98 Å². The monoisotopic (exact) mass is 330 g/mol. The second-order valence-corrected chi connectivity index (χ2v) is 6.06. The highest BCUT2D eigenvalue weighted by Gasteiger charge is 2.17. The van der Waals surface area contributed by atoms with Gasteiger partial charge in [0.05, 0.1) is 24.5 Å². The van der Waals surface area contributed by atoms with Crippen LogP contribution < -0.4 is 0 Å². The highest BCUT2D eigenvalue weighted by Crippen LogP contribution is 2.34. The maximum absolute atomic E-state index is 9.76. The maximum Gasteiger partial charge on any atom is 0.0787 e. The van der Waals surface area contributed by atoms with Crippen LogP contribution in [0.25, 0.3) is 28.5 Å². The van der Waals surface area contributed by atoms with Gasteiger partial charge in [0.2, 0.25) is 0 Å². The normalized spacial score (nSPS) is 13.0. The van der Waals surface area contributed by atoms with E-state index in [0.29, 0.717) is 6.54 Å². The lowest BCUT2D eigenvalue weighted by Gasteiger charge is -2.21. The molecule has 0 unspecified atom stereocenters. The Kier molecular flexibility index (Phi) is 4.06. The van der Waals surface area contributed by atoms with Crippen LogP contribution in [0.5, 0.6) is 0 Å². The molecule has 2 N–H and O–H groups in total. The molecule has 2 heterocycles. The van der Waals surface area contributed by atoms with Gasteiger partial charge in [-0.1, -0.05) is 54.6 Å². The molecule has 3 aromatic rings. The first-order chi connectivity index (χ1) is 12.2. The first-order valence-electron chi connectivity index (χ1n) is 8.18. The summed E-state index contributed by atoms with van der Waals surface area (Å²) in [5.74, 6) is 0. The van der Waals surface area contributed by atoms with Crippen molar-refractivity contribution in [2.75, 3.05) is 0 Å². The van der Waals surface area contributed by atoms with Gasteiger partial charge in [0, 0.05) is 22.9 Å². The Labute approximate surface area is 146 Å². The molecular formula is C21H18N2O2. The number of nitrogens with zero attached hydrogens (tertiary/aromatic N) is 2. The quantitative estimate of drug-likeness (QED) is 0.760. The molecule has 2 aromatic carbocycles. The first-order valence-corrected chi connectivity index (χ1v) is 8.18. The highest BCUT2D eigenvalue weighted by molar-refractivity contribution is 5.82. The van der Waals surface area contributed by atoms with E-state index in [-0.39, 0.29) is 6.61 Å². The molecule has 1 aliphatic rings. The van der Waals surface area contributed by atoms with E-state index in [4.69, 9.17) is 4.98 Å². The van der Waals surface area contributed by atoms with Crippen LogP contribution >= 0.6 is 0 Å². The smallest absolute Gasteiger partial charge is 0.0787 e. The van der Waals surface area contributed by atoms with Crippen LogP contribution in [0.1, 0.15) is 16.8 Å². The summed E-state index contributed by atoms with van der Waals surface area (Å²) in [6.45, 7) is 0.445. The minimum Gasteiger partial charge on any atom is -0.392 e. The van der Waals surface area contributed by atoms with Crippen molar-refractivity contribution in [1.82, 2.24) is 10.0 Å². The summed E-state index contributed by atoms with van der Waals surface area (Å²) in [7, 11) is 0. The molecule has 4 rings (SSSR count). The topological polar surface area (TPSA) is 56.6 Å². The van der Waals surface area contributed by atoms with E-state index in [1.165, 1.54) is 0 Å². The number of aliphatic hydroxyl groups is 1. The number of aliphatic hydroxyl groups excluding tert-OH is 1. The standard InChI is InChI=1S/C21H18N2O2/c24-14-15-6-8-17(9-7-15)21-19(16-4-2-1-3-5-16)12-18-13-23(25)11-10-20(18)22-21/h1-12,24-25H,13-14H2. The molecule has 25 heavy (non-hydrogen) atoms. The zero-order valence-corrected chi connectivity index (χ0v) is 13.6. The molecule has 0 atom stereocenters. The van der Waals surface area contributed by atoms with Gasteiger partial charge in [-0.05, 0) is 23.3 Å². The molecular weight excluding hydrogens is 312 g/mol. The fourth-order valence-electron chi connectivity index (χ4n) is 3.05. The molecule has 124 valence electrons. The lowest BCUT2D eigenvalue weighted by atomic mass is 9.95. The van der Waals surface area contributed by atoms with Crippen molar-refractivity contribution in [3.63, 3.8) is 0 Å². The van der Waals surface area contributed by atoms with Gasteiger partial charge in [0.25, 0.3) is 0 Å². The van der Waals surface area contributed by atoms with Crippen molar-refractivity contribution in [3.8, 4) is 22.4 Å². The molecule has 0 amide bonds. The number of hydroxylamine groups is 2. The Morgan fingerprint density at radius 3 is 2.44 bits per heavy atom. The SMILES string of the molecule is OCc1ccc(-c2nc3c(cc2-c2ccccc2)CN(O)C=C3)cc1. The predicted octanol–water partition coefficient (Wildman–Crippen LogP) is 4.08. The number of hydrogen-bond donors (Lipinski definition) is 2. The molecule has 4 heteroatoms. The number of hydrogen-bond acceptors (Lipinski definition) is 4. The van der Waals surface area contributed by atoms with E-state index in [9.17, 15) is 10.3 Å². The van der Waals surface area contributed by atoms with E-state index < -0.39 is 0 Å². The molecule has 0 saturated carbocycles. The number of benzene rings is 2. The second-order valence-electron chi connectivity index (χ2n) is 6.06. The van der Waals surface area contributed by atoms with Crippen molar-refractivity contribution < 1.29 is 10.3 Å². The lowest BCUT2D eigenvalue weighted by molar-refractivity contribution is -0.0496. The Hall–Kier alpha value is -2.95. The Morgan fingerprint density at radius 2 is 1.72 bits per heavy atom. The van der Waals surface area contributed by atoms with Gasteiger partial charge in [0.15, 0.2) is 0 Å². The van der Waals surface area contributed by atoms with Crippen molar-refractivity contribution in [2.45, 2.75) is 13.2 Å². The molecule has 0 spiro atoms. The summed E-state index contributed by atoms with van der Waals surface area (Å²) in [6, 6.07) is 20.0. The van der Waals surface area contributed by atoms with E-state index in [1.807, 2.05) is 48.5 Å². The molecule has 0 fully saturated rings. The zero-order chi connectivity index (χ0) is 17.2. The van der Waals surface area contributed by atoms with Gasteiger partial charge in [0.1, 0.15) is 0 Å². The largest absolute Gasteiger partial charge is 0.392 e. The number of fused-ring (bicyclic) bond motifs is 1. The third-order valence-corrected chi connectivity index (χ3v) is 4.37. The highest BCUT2D eigenvalue weighted by atomic mass is 16.5. The van der Waals surface area contributed by atoms with Gasteiger partial charge in [-0.3, -0.25) is 10.3 Å². The van der Waals surface area contributed by atoms with E-state index in [2.05, 4.69) is 18.2 Å². The Balaban J connectivity index is 1.91. The minimum atomic E-state index is 0.0263.